The molecule has 1 aliphatic rings. The number of amides is 1. The molecule has 1 amide bonds. The Labute approximate surface area is 170 Å². The molecule has 1 saturated heterocycles. The number of benzene rings is 2. The summed E-state index contributed by atoms with van der Waals surface area (Å²) in [4.78, 5) is 26.4. The Balaban J connectivity index is 1.57. The average molecular weight is 445 g/mol. The number of non-ortho nitro benzene ring substituents is 1. The molecule has 8 nitrogen and oxygen atoms in total. The van der Waals surface area contributed by atoms with E-state index in [2.05, 4.69) is 15.9 Å². The van der Waals surface area contributed by atoms with Gasteiger partial charge in [-0.1, -0.05) is 15.9 Å². The fourth-order valence-corrected chi connectivity index (χ4v) is 3.23. The molecule has 0 N–H and O–H groups in total. The van der Waals surface area contributed by atoms with Gasteiger partial charge < -0.3 is 14.5 Å². The van der Waals surface area contributed by atoms with Crippen molar-refractivity contribution in [3.63, 3.8) is 0 Å². The Morgan fingerprint density at radius 1 is 1.18 bits per heavy atom. The number of piperazine rings is 1. The normalized spacial score (nSPS) is 13.7. The summed E-state index contributed by atoms with van der Waals surface area (Å²) in [6.45, 7) is 2.02. The lowest BCUT2D eigenvalue weighted by Crippen LogP contribution is -2.50. The first-order valence-corrected chi connectivity index (χ1v) is 9.37. The number of carbonyl (C=O) groups excluding carboxylic acids is 1. The molecule has 0 spiro atoms. The number of nitrogens with zero attached hydrogens (tertiary/aromatic N) is 4. The fourth-order valence-electron chi connectivity index (χ4n) is 2.97. The first-order valence-electron chi connectivity index (χ1n) is 8.57. The lowest BCUT2D eigenvalue weighted by molar-refractivity contribution is -0.384. The van der Waals surface area contributed by atoms with Crippen molar-refractivity contribution >= 4 is 33.2 Å². The number of carbonyl (C=O) groups is 1. The molecule has 0 saturated carbocycles. The van der Waals surface area contributed by atoms with Crippen molar-refractivity contribution in [1.82, 2.24) is 4.90 Å². The third-order valence-corrected chi connectivity index (χ3v) is 4.99. The van der Waals surface area contributed by atoms with Crippen LogP contribution in [0.3, 0.4) is 0 Å². The number of hydrogen-bond donors (Lipinski definition) is 0. The van der Waals surface area contributed by atoms with E-state index in [0.29, 0.717) is 37.6 Å². The number of rotatable bonds is 5. The van der Waals surface area contributed by atoms with Gasteiger partial charge >= 0.3 is 0 Å². The van der Waals surface area contributed by atoms with Crippen LogP contribution in [0.25, 0.3) is 0 Å². The molecule has 0 aliphatic carbocycles. The first-order chi connectivity index (χ1) is 13.5. The third-order valence-electron chi connectivity index (χ3n) is 4.46. The molecule has 144 valence electrons. The Bertz CT molecular complexity index is 919. The van der Waals surface area contributed by atoms with Gasteiger partial charge in [0.2, 0.25) is 0 Å². The molecule has 1 aliphatic heterocycles. The van der Waals surface area contributed by atoms with Crippen LogP contribution in [0.2, 0.25) is 0 Å². The van der Waals surface area contributed by atoms with Crippen molar-refractivity contribution in [2.45, 2.75) is 0 Å². The molecular weight excluding hydrogens is 428 g/mol. The molecule has 1 heterocycles. The summed E-state index contributed by atoms with van der Waals surface area (Å²) >= 11 is 3.35. The van der Waals surface area contributed by atoms with Crippen LogP contribution >= 0.6 is 15.9 Å². The Morgan fingerprint density at radius 2 is 1.86 bits per heavy atom. The highest BCUT2D eigenvalue weighted by atomic mass is 79.9. The molecule has 28 heavy (non-hydrogen) atoms. The van der Waals surface area contributed by atoms with Crippen LogP contribution in [0.1, 0.15) is 5.56 Å². The SMILES string of the molecule is N#Cc1cc([N+](=O)[O-])ccc1N1CCN(C(=O)COc2ccc(Br)cc2)CC1. The monoisotopic (exact) mass is 444 g/mol. The van der Waals surface area contributed by atoms with E-state index in [1.807, 2.05) is 23.1 Å². The van der Waals surface area contributed by atoms with Crippen molar-refractivity contribution in [1.29, 1.82) is 5.26 Å². The van der Waals surface area contributed by atoms with Crippen molar-refractivity contribution in [3.8, 4) is 11.8 Å². The van der Waals surface area contributed by atoms with Gasteiger partial charge in [0.1, 0.15) is 11.8 Å². The Hall–Kier alpha value is -3.12. The smallest absolute Gasteiger partial charge is 0.270 e. The number of nitriles is 1. The predicted octanol–water partition coefficient (Wildman–Crippen LogP) is 2.96. The molecule has 2 aromatic carbocycles. The zero-order valence-corrected chi connectivity index (χ0v) is 16.5. The maximum atomic E-state index is 12.4. The summed E-state index contributed by atoms with van der Waals surface area (Å²) in [6.07, 6.45) is 0. The summed E-state index contributed by atoms with van der Waals surface area (Å²) in [7, 11) is 0. The van der Waals surface area contributed by atoms with Crippen LogP contribution in [-0.2, 0) is 4.79 Å². The molecule has 2 aromatic rings. The lowest BCUT2D eigenvalue weighted by atomic mass is 10.1. The summed E-state index contributed by atoms with van der Waals surface area (Å²) < 4.78 is 6.46. The van der Waals surface area contributed by atoms with Gasteiger partial charge in [-0.2, -0.15) is 5.26 Å². The van der Waals surface area contributed by atoms with E-state index in [-0.39, 0.29) is 23.8 Å². The molecule has 0 bridgehead atoms. The number of nitro benzene ring substituents is 1. The van der Waals surface area contributed by atoms with E-state index in [9.17, 15) is 20.2 Å². The van der Waals surface area contributed by atoms with Crippen molar-refractivity contribution in [2.24, 2.45) is 0 Å². The highest BCUT2D eigenvalue weighted by Crippen LogP contribution is 2.26. The van der Waals surface area contributed by atoms with Crippen LogP contribution < -0.4 is 9.64 Å². The van der Waals surface area contributed by atoms with Crippen molar-refractivity contribution in [2.75, 3.05) is 37.7 Å². The fraction of sp³-hybridized carbons (Fsp3) is 0.263. The molecule has 3 rings (SSSR count). The van der Waals surface area contributed by atoms with Gasteiger partial charge in [-0.3, -0.25) is 14.9 Å². The minimum atomic E-state index is -0.521. The van der Waals surface area contributed by atoms with Crippen molar-refractivity contribution in [3.05, 3.63) is 62.6 Å². The highest BCUT2D eigenvalue weighted by Gasteiger charge is 2.24. The summed E-state index contributed by atoms with van der Waals surface area (Å²) in [5.41, 5.74) is 0.790. The number of halogens is 1. The average Bonchev–Trinajstić information content (AvgIpc) is 2.72. The van der Waals surface area contributed by atoms with Crippen LogP contribution in [0.4, 0.5) is 11.4 Å². The third kappa shape index (κ3) is 4.58. The molecule has 0 aromatic heterocycles. The molecule has 0 radical (unpaired) electrons. The maximum absolute atomic E-state index is 12.4. The second kappa shape index (κ2) is 8.71. The quantitative estimate of drug-likeness (QED) is 0.518. The van der Waals surface area contributed by atoms with E-state index in [4.69, 9.17) is 4.74 Å². The summed E-state index contributed by atoms with van der Waals surface area (Å²) in [5, 5.41) is 20.2. The largest absolute Gasteiger partial charge is 0.484 e. The van der Waals surface area contributed by atoms with Gasteiger partial charge in [0, 0.05) is 42.8 Å². The van der Waals surface area contributed by atoms with Crippen LogP contribution in [-0.4, -0.2) is 48.5 Å². The van der Waals surface area contributed by atoms with Crippen molar-refractivity contribution < 1.29 is 14.5 Å². The van der Waals surface area contributed by atoms with Gasteiger partial charge in [-0.05, 0) is 30.3 Å². The Kier molecular flexibility index (Phi) is 6.11. The van der Waals surface area contributed by atoms with Gasteiger partial charge in [-0.25, -0.2) is 0 Å². The van der Waals surface area contributed by atoms with Crippen LogP contribution in [0.15, 0.2) is 46.9 Å². The van der Waals surface area contributed by atoms with Crippen LogP contribution in [0, 0.1) is 21.4 Å². The Morgan fingerprint density at radius 3 is 2.46 bits per heavy atom. The maximum Gasteiger partial charge on any atom is 0.270 e. The summed E-state index contributed by atoms with van der Waals surface area (Å²) in [5.74, 6) is 0.520. The van der Waals surface area contributed by atoms with E-state index in [1.54, 1.807) is 23.1 Å². The second-order valence-electron chi connectivity index (χ2n) is 6.18. The van der Waals surface area contributed by atoms with Gasteiger partial charge in [0.25, 0.3) is 11.6 Å². The minimum Gasteiger partial charge on any atom is -0.484 e. The zero-order chi connectivity index (χ0) is 20.1. The number of hydrogen-bond acceptors (Lipinski definition) is 6. The first kappa shape index (κ1) is 19.6. The second-order valence-corrected chi connectivity index (χ2v) is 7.10. The van der Waals surface area contributed by atoms with Crippen LogP contribution in [0.5, 0.6) is 5.75 Å². The standard InChI is InChI=1S/C19H17BrN4O4/c20-15-1-4-17(5-2-15)28-13-19(25)23-9-7-22(8-10-23)18-6-3-16(24(26)27)11-14(18)12-21/h1-6,11H,7-10,13H2. The highest BCUT2D eigenvalue weighted by molar-refractivity contribution is 9.10. The summed E-state index contributed by atoms with van der Waals surface area (Å²) in [6, 6.07) is 13.5. The van der Waals surface area contributed by atoms with E-state index < -0.39 is 4.92 Å². The van der Waals surface area contributed by atoms with E-state index in [0.717, 1.165) is 4.47 Å². The zero-order valence-electron chi connectivity index (χ0n) is 14.9. The minimum absolute atomic E-state index is 0.0391. The molecule has 0 atom stereocenters. The van der Waals surface area contributed by atoms with Gasteiger partial charge in [-0.15, -0.1) is 0 Å². The lowest BCUT2D eigenvalue weighted by Gasteiger charge is -2.36. The van der Waals surface area contributed by atoms with Gasteiger partial charge in [0.15, 0.2) is 6.61 Å². The molecular formula is C19H17BrN4O4. The molecule has 9 heteroatoms. The molecule has 1 fully saturated rings. The topological polar surface area (TPSA) is 99.7 Å². The van der Waals surface area contributed by atoms with E-state index in [1.165, 1.54) is 12.1 Å². The number of ether oxygens (including phenoxy) is 1. The van der Waals surface area contributed by atoms with E-state index >= 15 is 0 Å². The molecule has 0 unspecified atom stereocenters. The number of nitro groups is 1. The number of anilines is 1. The van der Waals surface area contributed by atoms with Gasteiger partial charge in [0.05, 0.1) is 16.2 Å². The predicted molar refractivity (Wildman–Crippen MR) is 106 cm³/mol.